The highest BCUT2D eigenvalue weighted by atomic mass is 32.1. The summed E-state index contributed by atoms with van der Waals surface area (Å²) in [6.45, 7) is 2.24. The third-order valence-electron chi connectivity index (χ3n) is 7.40. The van der Waals surface area contributed by atoms with E-state index < -0.39 is 6.10 Å². The number of methoxy groups -OCH3 is 1. The molecule has 2 atom stereocenters. The molecule has 43 heavy (non-hydrogen) atoms. The van der Waals surface area contributed by atoms with Crippen LogP contribution in [0.15, 0.2) is 48.0 Å². The molecule has 220 valence electrons. The Balaban J connectivity index is 1.05. The van der Waals surface area contributed by atoms with Crippen LogP contribution in [0.4, 0.5) is 0 Å². The van der Waals surface area contributed by atoms with Gasteiger partial charge in [0.05, 0.1) is 41.4 Å². The van der Waals surface area contributed by atoms with Crippen LogP contribution in [0.2, 0.25) is 0 Å². The average Bonchev–Trinajstić information content (AvgIpc) is 3.80. The van der Waals surface area contributed by atoms with E-state index >= 15 is 0 Å². The number of nitrogens with zero attached hydrogens (tertiary/aromatic N) is 5. The third-order valence-corrected chi connectivity index (χ3v) is 10.3. The summed E-state index contributed by atoms with van der Waals surface area (Å²) in [4.78, 5) is 27.8. The highest BCUT2D eigenvalue weighted by Crippen LogP contribution is 2.39. The minimum Gasteiger partial charge on any atom is -0.497 e. The van der Waals surface area contributed by atoms with Crippen molar-refractivity contribution in [2.75, 3.05) is 7.11 Å². The first-order chi connectivity index (χ1) is 20.9. The number of carbonyl (C=O) groups is 1. The van der Waals surface area contributed by atoms with Crippen LogP contribution in [0.5, 0.6) is 11.5 Å². The molecule has 0 bridgehead atoms. The Morgan fingerprint density at radius 3 is 2.72 bits per heavy atom. The van der Waals surface area contributed by atoms with E-state index in [-0.39, 0.29) is 18.6 Å². The molecule has 4 heterocycles. The van der Waals surface area contributed by atoms with Crippen LogP contribution in [0.1, 0.15) is 46.7 Å². The lowest BCUT2D eigenvalue weighted by molar-refractivity contribution is 0.0717. The molecule has 4 aromatic heterocycles. The molecule has 6 aromatic rings. The minimum atomic E-state index is -0.477. The van der Waals surface area contributed by atoms with Crippen molar-refractivity contribution in [1.29, 1.82) is 0 Å². The average molecular weight is 633 g/mol. The number of aliphatic hydroxyl groups is 1. The standard InChI is InChI=1S/C30H28N6O4S3/c1-16-35-36-13-23(34-30(36)42-16)29-33-22-11-20(39-2)12-25(26(22)43-29)40-14-19-15-41-28(31-19)18-9-7-17(8-10-18)27(38)32-21-5-3-4-6-24(21)37/h7-13,15,21,24,37H,3-6,14H2,1-2H3,(H,32,38)/t21-,24-/m1/s1. The molecule has 0 saturated heterocycles. The van der Waals surface area contributed by atoms with Crippen molar-refractivity contribution in [3.8, 4) is 32.8 Å². The summed E-state index contributed by atoms with van der Waals surface area (Å²) >= 11 is 4.58. The first-order valence-corrected chi connectivity index (χ1v) is 16.4. The summed E-state index contributed by atoms with van der Waals surface area (Å²) in [7, 11) is 1.62. The van der Waals surface area contributed by atoms with Crippen molar-refractivity contribution in [3.63, 3.8) is 0 Å². The molecule has 0 radical (unpaired) electrons. The smallest absolute Gasteiger partial charge is 0.251 e. The molecule has 1 aliphatic carbocycles. The molecule has 0 unspecified atom stereocenters. The number of rotatable bonds is 8. The summed E-state index contributed by atoms with van der Waals surface area (Å²) < 4.78 is 14.5. The van der Waals surface area contributed by atoms with Gasteiger partial charge in [-0.25, -0.2) is 19.5 Å². The van der Waals surface area contributed by atoms with Gasteiger partial charge in [0.1, 0.15) is 38.8 Å². The van der Waals surface area contributed by atoms with Crippen molar-refractivity contribution in [3.05, 3.63) is 64.2 Å². The fraction of sp³-hybridized carbons (Fsp3) is 0.300. The van der Waals surface area contributed by atoms with Crippen molar-refractivity contribution in [1.82, 2.24) is 29.9 Å². The number of nitrogens with one attached hydrogen (secondary N) is 1. The highest BCUT2D eigenvalue weighted by Gasteiger charge is 2.25. The van der Waals surface area contributed by atoms with Gasteiger partial charge in [-0.1, -0.05) is 36.3 Å². The van der Waals surface area contributed by atoms with E-state index in [0.29, 0.717) is 17.1 Å². The molecule has 7 rings (SSSR count). The van der Waals surface area contributed by atoms with Gasteiger partial charge in [-0.3, -0.25) is 4.79 Å². The molecule has 1 aliphatic rings. The number of hydrogen-bond donors (Lipinski definition) is 2. The molecule has 0 aliphatic heterocycles. The number of aryl methyl sites for hydroxylation is 1. The number of amides is 1. The molecular formula is C30H28N6O4S3. The second-order valence-corrected chi connectivity index (χ2v) is 13.4. The van der Waals surface area contributed by atoms with Crippen LogP contribution in [-0.2, 0) is 6.61 Å². The Hall–Kier alpha value is -3.91. The van der Waals surface area contributed by atoms with E-state index in [4.69, 9.17) is 24.4 Å². The number of thiazole rings is 2. The Kier molecular flexibility index (Phi) is 7.55. The fourth-order valence-corrected chi connectivity index (χ4v) is 7.67. The largest absolute Gasteiger partial charge is 0.497 e. The summed E-state index contributed by atoms with van der Waals surface area (Å²) in [6, 6.07) is 11.0. The number of aliphatic hydroxyl groups excluding tert-OH is 1. The SMILES string of the molecule is COc1cc(OCc2csc(-c3ccc(C(=O)N[C@@H]4CCCC[C@H]4O)cc3)n2)c2sc(-c3cn4nc(C)sc4n3)nc2c1. The lowest BCUT2D eigenvalue weighted by atomic mass is 9.92. The van der Waals surface area contributed by atoms with Gasteiger partial charge in [-0.15, -0.1) is 22.7 Å². The highest BCUT2D eigenvalue weighted by molar-refractivity contribution is 7.22. The quantitative estimate of drug-likeness (QED) is 0.206. The van der Waals surface area contributed by atoms with E-state index in [2.05, 4.69) is 10.4 Å². The summed E-state index contributed by atoms with van der Waals surface area (Å²) in [6.07, 6.45) is 4.98. The normalized spacial score (nSPS) is 17.0. The molecule has 2 N–H and O–H groups in total. The maximum atomic E-state index is 12.7. The first kappa shape index (κ1) is 27.9. The van der Waals surface area contributed by atoms with Crippen molar-refractivity contribution >= 4 is 55.1 Å². The number of aromatic nitrogens is 5. The number of carbonyl (C=O) groups excluding carboxylic acids is 1. The Bertz CT molecular complexity index is 1890. The number of fused-ring (bicyclic) bond motifs is 2. The zero-order valence-electron chi connectivity index (χ0n) is 23.4. The molecule has 1 fully saturated rings. The Morgan fingerprint density at radius 2 is 1.93 bits per heavy atom. The van der Waals surface area contributed by atoms with Gasteiger partial charge in [0.2, 0.25) is 4.96 Å². The van der Waals surface area contributed by atoms with Gasteiger partial charge in [-0.05, 0) is 31.9 Å². The monoisotopic (exact) mass is 632 g/mol. The predicted octanol–water partition coefficient (Wildman–Crippen LogP) is 6.12. The van der Waals surface area contributed by atoms with E-state index in [1.165, 1.54) is 34.0 Å². The van der Waals surface area contributed by atoms with Gasteiger partial charge in [-0.2, -0.15) is 5.10 Å². The van der Waals surface area contributed by atoms with Crippen LogP contribution in [0.3, 0.4) is 0 Å². The van der Waals surface area contributed by atoms with Crippen molar-refractivity contribution in [2.24, 2.45) is 0 Å². The molecule has 1 amide bonds. The van der Waals surface area contributed by atoms with E-state index in [1.807, 2.05) is 42.8 Å². The van der Waals surface area contributed by atoms with Gasteiger partial charge in [0.25, 0.3) is 5.91 Å². The third kappa shape index (κ3) is 5.73. The number of hydrogen-bond acceptors (Lipinski definition) is 11. The van der Waals surface area contributed by atoms with Crippen molar-refractivity contribution < 1.29 is 19.4 Å². The van der Waals surface area contributed by atoms with E-state index in [9.17, 15) is 9.90 Å². The fourth-order valence-electron chi connectivity index (χ4n) is 5.17. The second-order valence-electron chi connectivity index (χ2n) is 10.4. The molecule has 1 saturated carbocycles. The predicted molar refractivity (Wildman–Crippen MR) is 168 cm³/mol. The Labute approximate surface area is 259 Å². The lowest BCUT2D eigenvalue weighted by Crippen LogP contribution is -2.45. The summed E-state index contributed by atoms with van der Waals surface area (Å²) in [5.74, 6) is 1.16. The number of benzene rings is 2. The minimum absolute atomic E-state index is 0.166. The van der Waals surface area contributed by atoms with Gasteiger partial charge in [0, 0.05) is 28.6 Å². The zero-order valence-corrected chi connectivity index (χ0v) is 25.9. The summed E-state index contributed by atoms with van der Waals surface area (Å²) in [5.41, 5.74) is 3.82. The van der Waals surface area contributed by atoms with Crippen molar-refractivity contribution in [2.45, 2.75) is 51.4 Å². The second kappa shape index (κ2) is 11.6. The van der Waals surface area contributed by atoms with Crippen LogP contribution in [0, 0.1) is 6.92 Å². The summed E-state index contributed by atoms with van der Waals surface area (Å²) in [5, 5.41) is 22.2. The van der Waals surface area contributed by atoms with E-state index in [1.54, 1.807) is 23.8 Å². The van der Waals surface area contributed by atoms with Crippen LogP contribution < -0.4 is 14.8 Å². The Morgan fingerprint density at radius 1 is 1.09 bits per heavy atom. The van der Waals surface area contributed by atoms with Gasteiger partial charge >= 0.3 is 0 Å². The van der Waals surface area contributed by atoms with Gasteiger partial charge < -0.3 is 19.9 Å². The maximum absolute atomic E-state index is 12.7. The number of imidazole rings is 1. The van der Waals surface area contributed by atoms with Crippen LogP contribution in [-0.4, -0.2) is 54.8 Å². The topological polar surface area (TPSA) is 124 Å². The molecule has 10 nitrogen and oxygen atoms in total. The van der Waals surface area contributed by atoms with Gasteiger partial charge in [0.15, 0.2) is 0 Å². The molecular weight excluding hydrogens is 605 g/mol. The van der Waals surface area contributed by atoms with E-state index in [0.717, 1.165) is 72.8 Å². The van der Waals surface area contributed by atoms with Crippen LogP contribution in [0.25, 0.3) is 36.5 Å². The maximum Gasteiger partial charge on any atom is 0.251 e. The first-order valence-electron chi connectivity index (χ1n) is 13.9. The molecule has 2 aromatic carbocycles. The lowest BCUT2D eigenvalue weighted by Gasteiger charge is -2.28. The number of ether oxygens (including phenoxy) is 2. The zero-order chi connectivity index (χ0) is 29.5. The molecule has 13 heteroatoms. The van der Waals surface area contributed by atoms with Crippen LogP contribution >= 0.6 is 34.0 Å². The molecule has 0 spiro atoms.